The highest BCUT2D eigenvalue weighted by molar-refractivity contribution is 5.73. The molecule has 2 atom stereocenters. The second kappa shape index (κ2) is 5.50. The smallest absolute Gasteiger partial charge is 0.219 e. The van der Waals surface area contributed by atoms with E-state index in [1.165, 1.54) is 12.8 Å². The molecule has 1 heterocycles. The summed E-state index contributed by atoms with van der Waals surface area (Å²) in [6.07, 6.45) is 4.64. The summed E-state index contributed by atoms with van der Waals surface area (Å²) in [5, 5.41) is 9.19. The molecule has 2 rings (SSSR count). The number of rotatable bonds is 1. The molecule has 4 nitrogen and oxygen atoms in total. The average molecular weight is 235 g/mol. The van der Waals surface area contributed by atoms with E-state index in [1.807, 2.05) is 4.90 Å². The van der Waals surface area contributed by atoms with Crippen LogP contribution in [0.25, 0.3) is 0 Å². The van der Waals surface area contributed by atoms with Crippen molar-refractivity contribution in [2.45, 2.75) is 38.6 Å². The first-order chi connectivity index (χ1) is 8.22. The van der Waals surface area contributed by atoms with Crippen LogP contribution < -0.4 is 0 Å². The van der Waals surface area contributed by atoms with E-state index in [1.54, 1.807) is 6.92 Å². The van der Waals surface area contributed by atoms with Crippen LogP contribution in [0.5, 0.6) is 0 Å². The minimum atomic E-state index is 0.171. The lowest BCUT2D eigenvalue weighted by Crippen LogP contribution is -2.53. The van der Waals surface area contributed by atoms with E-state index >= 15 is 0 Å². The van der Waals surface area contributed by atoms with Crippen LogP contribution in [0.15, 0.2) is 0 Å². The number of nitrogens with zero attached hydrogens (tertiary/aromatic N) is 3. The van der Waals surface area contributed by atoms with Gasteiger partial charge in [-0.1, -0.05) is 12.8 Å². The predicted octanol–water partition coefficient (Wildman–Crippen LogP) is 1.23. The fraction of sp³-hybridized carbons (Fsp3) is 0.846. The highest BCUT2D eigenvalue weighted by Crippen LogP contribution is 2.28. The summed E-state index contributed by atoms with van der Waals surface area (Å²) in [6, 6.07) is 2.90. The Hall–Kier alpha value is -1.08. The molecule has 2 fully saturated rings. The maximum atomic E-state index is 11.3. The molecule has 0 aromatic carbocycles. The summed E-state index contributed by atoms with van der Waals surface area (Å²) in [4.78, 5) is 15.6. The number of hydrogen-bond donors (Lipinski definition) is 0. The highest BCUT2D eigenvalue weighted by atomic mass is 16.2. The summed E-state index contributed by atoms with van der Waals surface area (Å²) >= 11 is 0. The van der Waals surface area contributed by atoms with Crippen molar-refractivity contribution in [1.29, 1.82) is 5.26 Å². The zero-order valence-corrected chi connectivity index (χ0v) is 10.6. The molecule has 1 aliphatic heterocycles. The van der Waals surface area contributed by atoms with Gasteiger partial charge in [0.1, 0.15) is 0 Å². The second-order valence-corrected chi connectivity index (χ2v) is 5.13. The molecule has 1 aliphatic carbocycles. The van der Waals surface area contributed by atoms with Crippen molar-refractivity contribution in [3.05, 3.63) is 0 Å². The molecule has 0 N–H and O–H groups in total. The van der Waals surface area contributed by atoms with Gasteiger partial charge in [0.2, 0.25) is 5.91 Å². The van der Waals surface area contributed by atoms with E-state index in [2.05, 4.69) is 11.0 Å². The zero-order chi connectivity index (χ0) is 12.3. The largest absolute Gasteiger partial charge is 0.340 e. The number of hydrogen-bond acceptors (Lipinski definition) is 3. The van der Waals surface area contributed by atoms with E-state index in [9.17, 15) is 10.1 Å². The molecular formula is C13H21N3O. The van der Waals surface area contributed by atoms with Crippen molar-refractivity contribution in [1.82, 2.24) is 9.80 Å². The van der Waals surface area contributed by atoms with Gasteiger partial charge in [-0.05, 0) is 12.8 Å². The highest BCUT2D eigenvalue weighted by Gasteiger charge is 2.32. The number of piperazine rings is 1. The van der Waals surface area contributed by atoms with Crippen LogP contribution in [0.3, 0.4) is 0 Å². The molecule has 1 saturated carbocycles. The monoisotopic (exact) mass is 235 g/mol. The predicted molar refractivity (Wildman–Crippen MR) is 65.2 cm³/mol. The molecule has 0 bridgehead atoms. The Balaban J connectivity index is 1.91. The van der Waals surface area contributed by atoms with Gasteiger partial charge < -0.3 is 4.90 Å². The summed E-state index contributed by atoms with van der Waals surface area (Å²) in [5.74, 6) is 0.373. The molecule has 2 aliphatic rings. The summed E-state index contributed by atoms with van der Waals surface area (Å²) in [5.41, 5.74) is 0. The Bertz CT molecular complexity index is 315. The van der Waals surface area contributed by atoms with Crippen LogP contribution >= 0.6 is 0 Å². The SMILES string of the molecule is CC(=O)N1CCN(C2CCCCC2C#N)CC1. The van der Waals surface area contributed by atoms with Crippen LogP contribution in [0.1, 0.15) is 32.6 Å². The van der Waals surface area contributed by atoms with Gasteiger partial charge in [-0.3, -0.25) is 9.69 Å². The fourth-order valence-electron chi connectivity index (χ4n) is 3.07. The van der Waals surface area contributed by atoms with Crippen LogP contribution in [-0.4, -0.2) is 47.9 Å². The fourth-order valence-corrected chi connectivity index (χ4v) is 3.07. The van der Waals surface area contributed by atoms with Crippen molar-refractivity contribution in [3.8, 4) is 6.07 Å². The minimum Gasteiger partial charge on any atom is -0.340 e. The Morgan fingerprint density at radius 1 is 1.18 bits per heavy atom. The molecule has 0 radical (unpaired) electrons. The van der Waals surface area contributed by atoms with Gasteiger partial charge in [0.25, 0.3) is 0 Å². The van der Waals surface area contributed by atoms with Gasteiger partial charge in [-0.2, -0.15) is 5.26 Å². The van der Waals surface area contributed by atoms with Crippen LogP contribution in [-0.2, 0) is 4.79 Å². The van der Waals surface area contributed by atoms with Crippen LogP contribution in [0.2, 0.25) is 0 Å². The van der Waals surface area contributed by atoms with Gasteiger partial charge in [0.15, 0.2) is 0 Å². The quantitative estimate of drug-likeness (QED) is 0.687. The van der Waals surface area contributed by atoms with Crippen molar-refractivity contribution in [3.63, 3.8) is 0 Å². The van der Waals surface area contributed by atoms with Crippen molar-refractivity contribution < 1.29 is 4.79 Å². The average Bonchev–Trinajstić information content (AvgIpc) is 2.39. The Kier molecular flexibility index (Phi) is 4.01. The molecule has 0 spiro atoms. The van der Waals surface area contributed by atoms with Gasteiger partial charge in [0.05, 0.1) is 12.0 Å². The van der Waals surface area contributed by atoms with Crippen LogP contribution in [0, 0.1) is 17.2 Å². The molecule has 17 heavy (non-hydrogen) atoms. The maximum absolute atomic E-state index is 11.3. The third kappa shape index (κ3) is 2.78. The molecule has 94 valence electrons. The third-order valence-corrected chi connectivity index (χ3v) is 4.12. The van der Waals surface area contributed by atoms with E-state index in [4.69, 9.17) is 0 Å². The van der Waals surface area contributed by atoms with Crippen molar-refractivity contribution in [2.24, 2.45) is 5.92 Å². The number of amides is 1. The summed E-state index contributed by atoms with van der Waals surface area (Å²) < 4.78 is 0. The first-order valence-electron chi connectivity index (χ1n) is 6.61. The second-order valence-electron chi connectivity index (χ2n) is 5.13. The third-order valence-electron chi connectivity index (χ3n) is 4.12. The summed E-state index contributed by atoms with van der Waals surface area (Å²) in [7, 11) is 0. The van der Waals surface area contributed by atoms with Crippen LogP contribution in [0.4, 0.5) is 0 Å². The van der Waals surface area contributed by atoms with E-state index < -0.39 is 0 Å². The van der Waals surface area contributed by atoms with Gasteiger partial charge in [0, 0.05) is 39.1 Å². The molecule has 0 aromatic rings. The lowest BCUT2D eigenvalue weighted by molar-refractivity contribution is -0.131. The normalized spacial score (nSPS) is 30.9. The van der Waals surface area contributed by atoms with Crippen molar-refractivity contribution >= 4 is 5.91 Å². The number of nitriles is 1. The summed E-state index contributed by atoms with van der Waals surface area (Å²) in [6.45, 7) is 5.15. The molecular weight excluding hydrogens is 214 g/mol. The molecule has 1 saturated heterocycles. The van der Waals surface area contributed by atoms with Gasteiger partial charge in [-0.25, -0.2) is 0 Å². The lowest BCUT2D eigenvalue weighted by atomic mass is 9.84. The van der Waals surface area contributed by atoms with Gasteiger partial charge in [-0.15, -0.1) is 0 Å². The minimum absolute atomic E-state index is 0.171. The topological polar surface area (TPSA) is 47.3 Å². The van der Waals surface area contributed by atoms with E-state index in [0.717, 1.165) is 39.0 Å². The van der Waals surface area contributed by atoms with Crippen molar-refractivity contribution in [2.75, 3.05) is 26.2 Å². The molecule has 2 unspecified atom stereocenters. The first kappa shape index (κ1) is 12.4. The number of carbonyl (C=O) groups excluding carboxylic acids is 1. The van der Waals surface area contributed by atoms with Gasteiger partial charge >= 0.3 is 0 Å². The molecule has 0 aromatic heterocycles. The first-order valence-corrected chi connectivity index (χ1v) is 6.61. The standard InChI is InChI=1S/C13H21N3O/c1-11(17)15-6-8-16(9-7-15)13-5-3-2-4-12(13)10-14/h12-13H,2-9H2,1H3. The van der Waals surface area contributed by atoms with E-state index in [0.29, 0.717) is 6.04 Å². The Labute approximate surface area is 103 Å². The Morgan fingerprint density at radius 3 is 2.41 bits per heavy atom. The maximum Gasteiger partial charge on any atom is 0.219 e. The number of carbonyl (C=O) groups is 1. The molecule has 1 amide bonds. The van der Waals surface area contributed by atoms with E-state index in [-0.39, 0.29) is 11.8 Å². The lowest BCUT2D eigenvalue weighted by Gasteiger charge is -2.42. The zero-order valence-electron chi connectivity index (χ0n) is 10.6. The molecule has 4 heteroatoms. The Morgan fingerprint density at radius 2 is 1.82 bits per heavy atom.